The number of hydrogen-bond donors (Lipinski definition) is 3. The topological polar surface area (TPSA) is 108 Å². The summed E-state index contributed by atoms with van der Waals surface area (Å²) in [5.74, 6) is -0.658. The monoisotopic (exact) mass is 347 g/mol. The highest BCUT2D eigenvalue weighted by molar-refractivity contribution is 6.17. The third kappa shape index (κ3) is 4.36. The minimum absolute atomic E-state index is 0.0505. The lowest BCUT2D eigenvalue weighted by Gasteiger charge is -2.15. The van der Waals surface area contributed by atoms with Crippen molar-refractivity contribution >= 4 is 29.1 Å². The summed E-state index contributed by atoms with van der Waals surface area (Å²) in [6.07, 6.45) is 2.33. The van der Waals surface area contributed by atoms with Crippen LogP contribution in [0.3, 0.4) is 0 Å². The molecule has 0 radical (unpaired) electrons. The van der Waals surface area contributed by atoms with Crippen molar-refractivity contribution < 1.29 is 24.2 Å². The molecule has 134 valence electrons. The maximum absolute atomic E-state index is 12.1. The number of hydrogen-bond acceptors (Lipinski definition) is 6. The molecule has 25 heavy (non-hydrogen) atoms. The van der Waals surface area contributed by atoms with E-state index >= 15 is 0 Å². The third-order valence-corrected chi connectivity index (χ3v) is 3.56. The lowest BCUT2D eigenvalue weighted by molar-refractivity contribution is -0.137. The van der Waals surface area contributed by atoms with Crippen molar-refractivity contribution in [2.75, 3.05) is 30.9 Å². The predicted molar refractivity (Wildman–Crippen MR) is 92.0 cm³/mol. The van der Waals surface area contributed by atoms with Gasteiger partial charge in [-0.3, -0.25) is 19.3 Å². The zero-order valence-electron chi connectivity index (χ0n) is 14.2. The Morgan fingerprint density at radius 2 is 2.08 bits per heavy atom. The number of anilines is 2. The van der Waals surface area contributed by atoms with Crippen molar-refractivity contribution in [2.24, 2.45) is 0 Å². The number of nitrogens with one attached hydrogen (secondary N) is 2. The van der Waals surface area contributed by atoms with Gasteiger partial charge in [0, 0.05) is 24.3 Å². The van der Waals surface area contributed by atoms with Crippen LogP contribution in [0, 0.1) is 0 Å². The van der Waals surface area contributed by atoms with Gasteiger partial charge < -0.3 is 20.5 Å². The van der Waals surface area contributed by atoms with E-state index < -0.39 is 11.8 Å². The van der Waals surface area contributed by atoms with Crippen LogP contribution in [-0.2, 0) is 14.4 Å². The van der Waals surface area contributed by atoms with Crippen LogP contribution in [0.2, 0.25) is 0 Å². The standard InChI is InChI=1S/C17H21N3O5/c1-3-4-15(22)19-12-6-5-11(9-14(12)25-2)18-13-10-16(23)20(7-8-21)17(13)24/h5-6,9-10,18,21H,3-4,7-8H2,1-2H3,(H,19,22). The van der Waals surface area contributed by atoms with Gasteiger partial charge in [0.1, 0.15) is 11.4 Å². The van der Waals surface area contributed by atoms with E-state index in [0.29, 0.717) is 23.5 Å². The molecule has 0 aromatic heterocycles. The van der Waals surface area contributed by atoms with E-state index in [1.165, 1.54) is 13.2 Å². The van der Waals surface area contributed by atoms with Gasteiger partial charge in [0.05, 0.1) is 25.9 Å². The average Bonchev–Trinajstić information content (AvgIpc) is 2.84. The number of aliphatic hydroxyl groups excluding tert-OH is 1. The molecule has 3 N–H and O–H groups in total. The van der Waals surface area contributed by atoms with Gasteiger partial charge in [0.15, 0.2) is 0 Å². The molecule has 1 aliphatic heterocycles. The van der Waals surface area contributed by atoms with Gasteiger partial charge in [-0.1, -0.05) is 6.92 Å². The van der Waals surface area contributed by atoms with E-state index in [9.17, 15) is 14.4 Å². The lowest BCUT2D eigenvalue weighted by Crippen LogP contribution is -2.34. The van der Waals surface area contributed by atoms with Crippen LogP contribution in [0.1, 0.15) is 19.8 Å². The molecular formula is C17H21N3O5. The summed E-state index contributed by atoms with van der Waals surface area (Å²) in [5, 5.41) is 14.5. The van der Waals surface area contributed by atoms with E-state index in [0.717, 1.165) is 11.3 Å². The molecule has 1 aliphatic rings. The van der Waals surface area contributed by atoms with Gasteiger partial charge in [0.2, 0.25) is 5.91 Å². The Labute approximate surface area is 145 Å². The number of nitrogens with zero attached hydrogens (tertiary/aromatic N) is 1. The Morgan fingerprint density at radius 3 is 2.72 bits per heavy atom. The number of methoxy groups -OCH3 is 1. The molecule has 0 saturated heterocycles. The molecule has 0 atom stereocenters. The van der Waals surface area contributed by atoms with E-state index in [-0.39, 0.29) is 24.8 Å². The first-order valence-corrected chi connectivity index (χ1v) is 7.93. The highest BCUT2D eigenvalue weighted by Crippen LogP contribution is 2.29. The number of benzene rings is 1. The molecule has 0 unspecified atom stereocenters. The Balaban J connectivity index is 2.13. The van der Waals surface area contributed by atoms with E-state index in [4.69, 9.17) is 9.84 Å². The first-order chi connectivity index (χ1) is 12.0. The zero-order valence-corrected chi connectivity index (χ0v) is 14.2. The molecule has 0 fully saturated rings. The van der Waals surface area contributed by atoms with Crippen molar-refractivity contribution in [3.8, 4) is 5.75 Å². The van der Waals surface area contributed by atoms with Crippen LogP contribution in [0.4, 0.5) is 11.4 Å². The van der Waals surface area contributed by atoms with Gasteiger partial charge in [-0.25, -0.2) is 0 Å². The maximum atomic E-state index is 12.1. The van der Waals surface area contributed by atoms with Crippen LogP contribution >= 0.6 is 0 Å². The highest BCUT2D eigenvalue weighted by atomic mass is 16.5. The van der Waals surface area contributed by atoms with Gasteiger partial charge in [-0.2, -0.15) is 0 Å². The molecule has 8 nitrogen and oxygen atoms in total. The summed E-state index contributed by atoms with van der Waals surface area (Å²) < 4.78 is 5.27. The number of ether oxygens (including phenoxy) is 1. The second-order valence-electron chi connectivity index (χ2n) is 5.41. The van der Waals surface area contributed by atoms with Crippen molar-refractivity contribution in [1.82, 2.24) is 4.90 Å². The molecule has 0 spiro atoms. The minimum Gasteiger partial charge on any atom is -0.494 e. The summed E-state index contributed by atoms with van der Waals surface area (Å²) in [4.78, 5) is 36.5. The van der Waals surface area contributed by atoms with Gasteiger partial charge in [-0.05, 0) is 18.6 Å². The third-order valence-electron chi connectivity index (χ3n) is 3.56. The summed E-state index contributed by atoms with van der Waals surface area (Å²) in [6, 6.07) is 4.94. The highest BCUT2D eigenvalue weighted by Gasteiger charge is 2.30. The van der Waals surface area contributed by atoms with Crippen molar-refractivity contribution in [1.29, 1.82) is 0 Å². The first kappa shape index (κ1) is 18.5. The molecule has 8 heteroatoms. The molecule has 0 bridgehead atoms. The number of amides is 3. The van der Waals surface area contributed by atoms with Crippen molar-refractivity contribution in [3.63, 3.8) is 0 Å². The van der Waals surface area contributed by atoms with Crippen LogP contribution in [0.15, 0.2) is 30.0 Å². The number of imide groups is 1. The quantitative estimate of drug-likeness (QED) is 0.608. The summed E-state index contributed by atoms with van der Waals surface area (Å²) in [7, 11) is 1.47. The Bertz CT molecular complexity index is 714. The molecule has 1 aromatic rings. The van der Waals surface area contributed by atoms with Crippen LogP contribution < -0.4 is 15.4 Å². The second kappa shape index (κ2) is 8.29. The number of carbonyl (C=O) groups is 3. The Kier molecular flexibility index (Phi) is 6.13. The fourth-order valence-electron chi connectivity index (χ4n) is 2.38. The minimum atomic E-state index is -0.502. The van der Waals surface area contributed by atoms with Gasteiger partial charge in [-0.15, -0.1) is 0 Å². The van der Waals surface area contributed by atoms with Crippen LogP contribution in [-0.4, -0.2) is 48.0 Å². The lowest BCUT2D eigenvalue weighted by atomic mass is 10.2. The zero-order chi connectivity index (χ0) is 18.4. The van der Waals surface area contributed by atoms with Crippen LogP contribution in [0.5, 0.6) is 5.75 Å². The van der Waals surface area contributed by atoms with Gasteiger partial charge in [0.25, 0.3) is 11.8 Å². The molecule has 1 heterocycles. The molecule has 3 amide bonds. The molecule has 1 aromatic carbocycles. The number of aliphatic hydroxyl groups is 1. The number of rotatable bonds is 8. The van der Waals surface area contributed by atoms with Gasteiger partial charge >= 0.3 is 0 Å². The fourth-order valence-corrected chi connectivity index (χ4v) is 2.38. The Morgan fingerprint density at radius 1 is 1.32 bits per heavy atom. The fraction of sp³-hybridized carbons (Fsp3) is 0.353. The summed E-state index contributed by atoms with van der Waals surface area (Å²) in [6.45, 7) is 1.57. The normalized spacial score (nSPS) is 13.7. The average molecular weight is 347 g/mol. The second-order valence-corrected chi connectivity index (χ2v) is 5.41. The van der Waals surface area contributed by atoms with E-state index in [1.54, 1.807) is 18.2 Å². The number of carbonyl (C=O) groups excluding carboxylic acids is 3. The predicted octanol–water partition coefficient (Wildman–Crippen LogP) is 1.09. The summed E-state index contributed by atoms with van der Waals surface area (Å²) in [5.41, 5.74) is 1.17. The molecule has 0 aliphatic carbocycles. The van der Waals surface area contributed by atoms with Crippen molar-refractivity contribution in [2.45, 2.75) is 19.8 Å². The number of β-amino-alcohol motifs (C(OH)–C–C–N with tert-alkyl or cyclic N) is 1. The maximum Gasteiger partial charge on any atom is 0.277 e. The summed E-state index contributed by atoms with van der Waals surface area (Å²) >= 11 is 0. The molecular weight excluding hydrogens is 326 g/mol. The smallest absolute Gasteiger partial charge is 0.277 e. The first-order valence-electron chi connectivity index (χ1n) is 7.93. The van der Waals surface area contributed by atoms with Crippen molar-refractivity contribution in [3.05, 3.63) is 30.0 Å². The molecule has 2 rings (SSSR count). The Hall–Kier alpha value is -2.87. The molecule has 0 saturated carbocycles. The van der Waals surface area contributed by atoms with E-state index in [1.807, 2.05) is 6.92 Å². The largest absolute Gasteiger partial charge is 0.494 e. The van der Waals surface area contributed by atoms with Crippen LogP contribution in [0.25, 0.3) is 0 Å². The SMILES string of the molecule is CCCC(=O)Nc1ccc(NC2=CC(=O)N(CCO)C2=O)cc1OC. The van der Waals surface area contributed by atoms with E-state index in [2.05, 4.69) is 10.6 Å².